The first-order valence-corrected chi connectivity index (χ1v) is 11.7. The molecule has 6 heteroatoms. The smallest absolute Gasteiger partial charge is 0.242 e. The molecule has 0 spiro atoms. The van der Waals surface area contributed by atoms with Crippen LogP contribution in [0.4, 0.5) is 0 Å². The van der Waals surface area contributed by atoms with Crippen molar-refractivity contribution in [3.8, 4) is 17.1 Å². The van der Waals surface area contributed by atoms with Crippen LogP contribution < -0.4 is 4.74 Å². The van der Waals surface area contributed by atoms with Crippen LogP contribution >= 0.6 is 0 Å². The molecule has 1 amide bonds. The van der Waals surface area contributed by atoms with Crippen LogP contribution in [0.1, 0.15) is 24.0 Å². The number of imidazole rings is 1. The third-order valence-corrected chi connectivity index (χ3v) is 7.11. The zero-order valence-corrected chi connectivity index (χ0v) is 19.2. The maximum atomic E-state index is 13.2. The van der Waals surface area contributed by atoms with Gasteiger partial charge in [-0.1, -0.05) is 42.5 Å². The van der Waals surface area contributed by atoms with Crippen LogP contribution in [0.3, 0.4) is 0 Å². The zero-order chi connectivity index (χ0) is 22.9. The van der Waals surface area contributed by atoms with E-state index in [9.17, 15) is 9.90 Å². The summed E-state index contributed by atoms with van der Waals surface area (Å²) in [7, 11) is 0. The van der Waals surface area contributed by atoms with E-state index in [1.54, 1.807) is 6.20 Å². The van der Waals surface area contributed by atoms with E-state index in [-0.39, 0.29) is 18.6 Å². The van der Waals surface area contributed by atoms with Crippen molar-refractivity contribution in [3.05, 3.63) is 72.1 Å². The van der Waals surface area contributed by atoms with Crippen molar-refractivity contribution in [2.45, 2.75) is 45.4 Å². The van der Waals surface area contributed by atoms with E-state index in [0.717, 1.165) is 41.2 Å². The Kier molecular flexibility index (Phi) is 5.94. The number of nitrogens with zero attached hydrogens (tertiary/aromatic N) is 3. The van der Waals surface area contributed by atoms with Gasteiger partial charge in [0.25, 0.3) is 0 Å². The van der Waals surface area contributed by atoms with Crippen molar-refractivity contribution >= 4 is 5.91 Å². The van der Waals surface area contributed by atoms with Crippen LogP contribution in [-0.2, 0) is 11.3 Å². The van der Waals surface area contributed by atoms with Gasteiger partial charge in [-0.25, -0.2) is 4.98 Å². The predicted molar refractivity (Wildman–Crippen MR) is 127 cm³/mol. The SMILES string of the molecule is Cc1ccc(C)c(O[C@@H]2C[C@@H]3CN(C(=O)Cn4ccnc4-c4ccccc4)C[C@@H]3C[C@H]2O)c1. The highest BCUT2D eigenvalue weighted by Crippen LogP contribution is 2.38. The molecule has 3 aromatic rings. The van der Waals surface area contributed by atoms with E-state index in [2.05, 4.69) is 17.1 Å². The number of likely N-dealkylation sites (tertiary alicyclic amines) is 1. The number of aliphatic hydroxyl groups is 1. The Bertz CT molecular complexity index is 1130. The van der Waals surface area contributed by atoms with Gasteiger partial charge in [0.05, 0.1) is 6.10 Å². The van der Waals surface area contributed by atoms with Crippen LogP contribution in [0.15, 0.2) is 60.9 Å². The molecule has 172 valence electrons. The number of hydrogen-bond acceptors (Lipinski definition) is 4. The molecular formula is C27H31N3O3. The lowest BCUT2D eigenvalue weighted by atomic mass is 9.78. The first kappa shape index (κ1) is 21.7. The number of fused-ring (bicyclic) bond motifs is 1. The molecule has 1 aromatic heterocycles. The number of hydrogen-bond donors (Lipinski definition) is 1. The highest BCUT2D eigenvalue weighted by atomic mass is 16.5. The molecule has 0 bridgehead atoms. The number of ether oxygens (including phenoxy) is 1. The Morgan fingerprint density at radius 2 is 1.85 bits per heavy atom. The normalized spacial score (nSPS) is 24.5. The Balaban J connectivity index is 1.24. The average Bonchev–Trinajstić information content (AvgIpc) is 3.44. The van der Waals surface area contributed by atoms with Crippen LogP contribution in [-0.4, -0.2) is 50.8 Å². The lowest BCUT2D eigenvalue weighted by molar-refractivity contribution is -0.131. The van der Waals surface area contributed by atoms with E-state index in [1.807, 2.05) is 65.9 Å². The fraction of sp³-hybridized carbons (Fsp3) is 0.407. The summed E-state index contributed by atoms with van der Waals surface area (Å²) in [5.41, 5.74) is 3.22. The third kappa shape index (κ3) is 4.53. The van der Waals surface area contributed by atoms with Crippen LogP contribution in [0.25, 0.3) is 11.4 Å². The van der Waals surface area contributed by atoms with E-state index in [4.69, 9.17) is 4.74 Å². The minimum absolute atomic E-state index is 0.0982. The maximum absolute atomic E-state index is 13.2. The molecule has 1 N–H and O–H groups in total. The summed E-state index contributed by atoms with van der Waals surface area (Å²) in [5, 5.41) is 10.8. The molecule has 4 atom stereocenters. The second kappa shape index (κ2) is 9.02. The Morgan fingerprint density at radius 1 is 1.09 bits per heavy atom. The molecule has 1 aliphatic carbocycles. The zero-order valence-electron chi connectivity index (χ0n) is 19.2. The van der Waals surface area contributed by atoms with Crippen molar-refractivity contribution < 1.29 is 14.6 Å². The van der Waals surface area contributed by atoms with E-state index in [0.29, 0.717) is 24.8 Å². The van der Waals surface area contributed by atoms with Crippen LogP contribution in [0.5, 0.6) is 5.75 Å². The molecule has 1 saturated carbocycles. The van der Waals surface area contributed by atoms with Gasteiger partial charge in [-0.2, -0.15) is 0 Å². The van der Waals surface area contributed by atoms with Crippen molar-refractivity contribution in [1.82, 2.24) is 14.5 Å². The molecule has 2 aliphatic rings. The summed E-state index contributed by atoms with van der Waals surface area (Å²) in [6.45, 7) is 5.77. The van der Waals surface area contributed by atoms with Crippen molar-refractivity contribution in [2.24, 2.45) is 11.8 Å². The quantitative estimate of drug-likeness (QED) is 0.648. The summed E-state index contributed by atoms with van der Waals surface area (Å²) >= 11 is 0. The Hall–Kier alpha value is -3.12. The number of carbonyl (C=O) groups is 1. The summed E-state index contributed by atoms with van der Waals surface area (Å²) in [6.07, 6.45) is 4.29. The summed E-state index contributed by atoms with van der Waals surface area (Å²) < 4.78 is 8.18. The predicted octanol–water partition coefficient (Wildman–Crippen LogP) is 3.84. The molecule has 1 saturated heterocycles. The first-order chi connectivity index (χ1) is 16.0. The highest BCUT2D eigenvalue weighted by molar-refractivity contribution is 5.77. The fourth-order valence-electron chi connectivity index (χ4n) is 5.25. The summed E-state index contributed by atoms with van der Waals surface area (Å²) in [6, 6.07) is 16.1. The number of benzene rings is 2. The number of aryl methyl sites for hydroxylation is 2. The largest absolute Gasteiger partial charge is 0.487 e. The second-order valence-corrected chi connectivity index (χ2v) is 9.53. The number of aliphatic hydroxyl groups excluding tert-OH is 1. The van der Waals surface area contributed by atoms with E-state index >= 15 is 0 Å². The highest BCUT2D eigenvalue weighted by Gasteiger charge is 2.44. The first-order valence-electron chi connectivity index (χ1n) is 11.7. The molecular weight excluding hydrogens is 414 g/mol. The van der Waals surface area contributed by atoms with Crippen molar-refractivity contribution in [2.75, 3.05) is 13.1 Å². The average molecular weight is 446 g/mol. The Labute approximate surface area is 194 Å². The van der Waals surface area contributed by atoms with Gasteiger partial charge in [0.2, 0.25) is 5.91 Å². The molecule has 33 heavy (non-hydrogen) atoms. The monoisotopic (exact) mass is 445 g/mol. The Morgan fingerprint density at radius 3 is 2.64 bits per heavy atom. The molecule has 0 radical (unpaired) electrons. The van der Waals surface area contributed by atoms with E-state index in [1.165, 1.54) is 0 Å². The summed E-state index contributed by atoms with van der Waals surface area (Å²) in [5.74, 6) is 2.42. The molecule has 6 nitrogen and oxygen atoms in total. The van der Waals surface area contributed by atoms with Crippen LogP contribution in [0, 0.1) is 25.7 Å². The van der Waals surface area contributed by atoms with Gasteiger partial charge in [0.1, 0.15) is 24.2 Å². The standard InChI is InChI=1S/C27H31N3O3/c1-18-8-9-19(2)24(12-18)33-25-14-22-16-30(15-21(22)13-23(25)31)26(32)17-29-11-10-28-27(29)20-6-4-3-5-7-20/h3-12,21-23,25,31H,13-17H2,1-2H3/t21-,22+,23+,25+/m0/s1. The molecule has 2 aromatic carbocycles. The third-order valence-electron chi connectivity index (χ3n) is 7.11. The van der Waals surface area contributed by atoms with Gasteiger partial charge in [-0.15, -0.1) is 0 Å². The lowest BCUT2D eigenvalue weighted by Crippen LogP contribution is -2.42. The summed E-state index contributed by atoms with van der Waals surface area (Å²) in [4.78, 5) is 19.6. The fourth-order valence-corrected chi connectivity index (χ4v) is 5.25. The van der Waals surface area contributed by atoms with Crippen LogP contribution in [0.2, 0.25) is 0 Å². The van der Waals surface area contributed by atoms with Gasteiger partial charge < -0.3 is 19.3 Å². The maximum Gasteiger partial charge on any atom is 0.242 e. The number of rotatable bonds is 5. The van der Waals surface area contributed by atoms with Crippen molar-refractivity contribution in [3.63, 3.8) is 0 Å². The molecule has 2 heterocycles. The van der Waals surface area contributed by atoms with Gasteiger partial charge in [-0.05, 0) is 55.7 Å². The second-order valence-electron chi connectivity index (χ2n) is 9.53. The van der Waals surface area contributed by atoms with Crippen molar-refractivity contribution in [1.29, 1.82) is 0 Å². The van der Waals surface area contributed by atoms with Gasteiger partial charge in [-0.3, -0.25) is 4.79 Å². The molecule has 1 aliphatic heterocycles. The molecule has 2 fully saturated rings. The number of amides is 1. The topological polar surface area (TPSA) is 67.6 Å². The minimum atomic E-state index is -0.514. The molecule has 5 rings (SSSR count). The van der Waals surface area contributed by atoms with E-state index < -0.39 is 6.10 Å². The molecule has 0 unspecified atom stereocenters. The number of aromatic nitrogens is 2. The van der Waals surface area contributed by atoms with Gasteiger partial charge in [0, 0.05) is 31.0 Å². The lowest BCUT2D eigenvalue weighted by Gasteiger charge is -2.35. The van der Waals surface area contributed by atoms with Gasteiger partial charge >= 0.3 is 0 Å². The minimum Gasteiger partial charge on any atom is -0.487 e. The number of carbonyl (C=O) groups excluding carboxylic acids is 1. The van der Waals surface area contributed by atoms with Gasteiger partial charge in [0.15, 0.2) is 0 Å².